The van der Waals surface area contributed by atoms with E-state index >= 15 is 0 Å². The first-order valence-electron chi connectivity index (χ1n) is 7.66. The van der Waals surface area contributed by atoms with Gasteiger partial charge in [-0.3, -0.25) is 4.90 Å². The molecule has 0 aliphatic carbocycles. The second-order valence-electron chi connectivity index (χ2n) is 5.53. The van der Waals surface area contributed by atoms with Gasteiger partial charge in [0.25, 0.3) is 0 Å². The predicted octanol–water partition coefficient (Wildman–Crippen LogP) is 3.00. The van der Waals surface area contributed by atoms with Crippen LogP contribution in [0, 0.1) is 0 Å². The van der Waals surface area contributed by atoms with Gasteiger partial charge in [-0.15, -0.1) is 0 Å². The van der Waals surface area contributed by atoms with Gasteiger partial charge in [0.2, 0.25) is 0 Å². The monoisotopic (exact) mass is 295 g/mol. The van der Waals surface area contributed by atoms with E-state index < -0.39 is 6.10 Å². The predicted molar refractivity (Wildman–Crippen MR) is 85.7 cm³/mol. The Morgan fingerprint density at radius 3 is 2.48 bits per heavy atom. The minimum atomic E-state index is -0.467. The van der Waals surface area contributed by atoms with Gasteiger partial charge in [0.15, 0.2) is 0 Å². The average molecular weight is 295 g/mol. The molecule has 0 spiro atoms. The van der Waals surface area contributed by atoms with Gasteiger partial charge in [-0.25, -0.2) is 0 Å². The van der Waals surface area contributed by atoms with Gasteiger partial charge in [-0.2, -0.15) is 0 Å². The lowest BCUT2D eigenvalue weighted by Gasteiger charge is -2.27. The molecule has 21 heavy (non-hydrogen) atoms. The number of ether oxygens (including phenoxy) is 2. The van der Waals surface area contributed by atoms with Gasteiger partial charge in [0.1, 0.15) is 5.75 Å². The van der Waals surface area contributed by atoms with E-state index in [2.05, 4.69) is 18.7 Å². The molecule has 0 bridgehead atoms. The second-order valence-corrected chi connectivity index (χ2v) is 5.53. The second kappa shape index (κ2) is 9.03. The number of aliphatic hydroxyl groups is 1. The third-order valence-corrected chi connectivity index (χ3v) is 3.55. The van der Waals surface area contributed by atoms with Crippen LogP contribution in [0.2, 0.25) is 0 Å². The molecular weight excluding hydrogens is 266 g/mol. The lowest BCUT2D eigenvalue weighted by molar-refractivity contribution is 0.124. The van der Waals surface area contributed by atoms with Crippen LogP contribution in [0.5, 0.6) is 5.75 Å². The summed E-state index contributed by atoms with van der Waals surface area (Å²) in [6.45, 7) is 11.1. The largest absolute Gasteiger partial charge is 0.494 e. The fourth-order valence-electron chi connectivity index (χ4n) is 2.23. The van der Waals surface area contributed by atoms with E-state index in [0.29, 0.717) is 19.3 Å². The van der Waals surface area contributed by atoms with E-state index in [1.807, 2.05) is 25.1 Å². The first-order chi connectivity index (χ1) is 9.99. The molecule has 0 aromatic heterocycles. The van der Waals surface area contributed by atoms with Crippen LogP contribution < -0.4 is 4.74 Å². The SMILES string of the molecule is CCOc1ccc(C(C)O)cc1CN(CCOC)C(C)C. The lowest BCUT2D eigenvalue weighted by atomic mass is 10.0. The quantitative estimate of drug-likeness (QED) is 0.760. The van der Waals surface area contributed by atoms with E-state index in [1.54, 1.807) is 14.0 Å². The molecular formula is C17H29NO3. The first-order valence-corrected chi connectivity index (χ1v) is 7.66. The molecule has 1 unspecified atom stereocenters. The van der Waals surface area contributed by atoms with E-state index in [-0.39, 0.29) is 0 Å². The molecule has 120 valence electrons. The molecule has 1 rings (SSSR count). The van der Waals surface area contributed by atoms with Crippen molar-refractivity contribution < 1.29 is 14.6 Å². The zero-order chi connectivity index (χ0) is 15.8. The normalized spacial score (nSPS) is 13.0. The van der Waals surface area contributed by atoms with Gasteiger partial charge >= 0.3 is 0 Å². The van der Waals surface area contributed by atoms with E-state index in [0.717, 1.165) is 30.0 Å². The maximum atomic E-state index is 9.78. The van der Waals surface area contributed by atoms with Crippen molar-refractivity contribution in [1.29, 1.82) is 0 Å². The van der Waals surface area contributed by atoms with Gasteiger partial charge in [0, 0.05) is 31.8 Å². The van der Waals surface area contributed by atoms with Crippen LogP contribution in [0.1, 0.15) is 44.9 Å². The van der Waals surface area contributed by atoms with Gasteiger partial charge in [-0.1, -0.05) is 6.07 Å². The van der Waals surface area contributed by atoms with Crippen LogP contribution in [0.3, 0.4) is 0 Å². The van der Waals surface area contributed by atoms with Crippen LogP contribution in [-0.4, -0.2) is 42.9 Å². The maximum Gasteiger partial charge on any atom is 0.123 e. The summed E-state index contributed by atoms with van der Waals surface area (Å²) in [6, 6.07) is 6.34. The molecule has 0 amide bonds. The summed E-state index contributed by atoms with van der Waals surface area (Å²) in [5.74, 6) is 0.893. The third-order valence-electron chi connectivity index (χ3n) is 3.55. The highest BCUT2D eigenvalue weighted by Gasteiger charge is 2.14. The Morgan fingerprint density at radius 2 is 1.95 bits per heavy atom. The summed E-state index contributed by atoms with van der Waals surface area (Å²) < 4.78 is 10.9. The Bertz CT molecular complexity index is 418. The Labute approximate surface area is 128 Å². The molecule has 1 aromatic rings. The molecule has 0 fully saturated rings. The van der Waals surface area contributed by atoms with Crippen molar-refractivity contribution in [2.45, 2.75) is 46.4 Å². The van der Waals surface area contributed by atoms with Crippen LogP contribution in [0.4, 0.5) is 0 Å². The van der Waals surface area contributed by atoms with E-state index in [4.69, 9.17) is 9.47 Å². The van der Waals surface area contributed by atoms with E-state index in [1.165, 1.54) is 0 Å². The van der Waals surface area contributed by atoms with Crippen molar-refractivity contribution in [3.63, 3.8) is 0 Å². The standard InChI is InChI=1S/C17H29NO3/c1-6-21-17-8-7-15(14(4)19)11-16(17)12-18(13(2)3)9-10-20-5/h7-8,11,13-14,19H,6,9-10,12H2,1-5H3. The van der Waals surface area contributed by atoms with Crippen molar-refractivity contribution in [2.24, 2.45) is 0 Å². The smallest absolute Gasteiger partial charge is 0.123 e. The molecule has 0 aliphatic heterocycles. The highest BCUT2D eigenvalue weighted by Crippen LogP contribution is 2.25. The highest BCUT2D eigenvalue weighted by atomic mass is 16.5. The van der Waals surface area contributed by atoms with Crippen LogP contribution in [0.25, 0.3) is 0 Å². The number of hydrogen-bond acceptors (Lipinski definition) is 4. The number of hydrogen-bond donors (Lipinski definition) is 1. The number of benzene rings is 1. The molecule has 0 saturated heterocycles. The molecule has 0 aliphatic rings. The molecule has 4 nitrogen and oxygen atoms in total. The first kappa shape index (κ1) is 18.0. The summed E-state index contributed by atoms with van der Waals surface area (Å²) in [5.41, 5.74) is 2.03. The Morgan fingerprint density at radius 1 is 1.24 bits per heavy atom. The van der Waals surface area contributed by atoms with Crippen molar-refractivity contribution in [3.8, 4) is 5.75 Å². The number of nitrogens with zero attached hydrogens (tertiary/aromatic N) is 1. The zero-order valence-electron chi connectivity index (χ0n) is 13.9. The Kier molecular flexibility index (Phi) is 7.72. The maximum absolute atomic E-state index is 9.78. The molecule has 0 saturated carbocycles. The van der Waals surface area contributed by atoms with Gasteiger partial charge < -0.3 is 14.6 Å². The van der Waals surface area contributed by atoms with Crippen LogP contribution >= 0.6 is 0 Å². The Hall–Kier alpha value is -1.10. The molecule has 1 aromatic carbocycles. The molecule has 1 atom stereocenters. The fourth-order valence-corrected chi connectivity index (χ4v) is 2.23. The summed E-state index contributed by atoms with van der Waals surface area (Å²) in [4.78, 5) is 2.34. The Balaban J connectivity index is 2.97. The summed E-state index contributed by atoms with van der Waals surface area (Å²) in [7, 11) is 1.72. The summed E-state index contributed by atoms with van der Waals surface area (Å²) >= 11 is 0. The molecule has 0 heterocycles. The summed E-state index contributed by atoms with van der Waals surface area (Å²) in [6.07, 6.45) is -0.467. The van der Waals surface area contributed by atoms with Crippen molar-refractivity contribution >= 4 is 0 Å². The topological polar surface area (TPSA) is 41.9 Å². The minimum Gasteiger partial charge on any atom is -0.494 e. The van der Waals surface area contributed by atoms with Crippen molar-refractivity contribution in [2.75, 3.05) is 26.9 Å². The highest BCUT2D eigenvalue weighted by molar-refractivity contribution is 5.38. The van der Waals surface area contributed by atoms with Gasteiger partial charge in [-0.05, 0) is 45.4 Å². The minimum absolute atomic E-state index is 0.421. The average Bonchev–Trinajstić information content (AvgIpc) is 2.44. The zero-order valence-corrected chi connectivity index (χ0v) is 13.9. The third kappa shape index (κ3) is 5.65. The summed E-state index contributed by atoms with van der Waals surface area (Å²) in [5, 5.41) is 9.78. The van der Waals surface area contributed by atoms with E-state index in [9.17, 15) is 5.11 Å². The molecule has 1 N–H and O–H groups in total. The number of methoxy groups -OCH3 is 1. The van der Waals surface area contributed by atoms with Gasteiger partial charge in [0.05, 0.1) is 19.3 Å². The van der Waals surface area contributed by atoms with Crippen LogP contribution in [0.15, 0.2) is 18.2 Å². The van der Waals surface area contributed by atoms with Crippen molar-refractivity contribution in [3.05, 3.63) is 29.3 Å². The van der Waals surface area contributed by atoms with Crippen molar-refractivity contribution in [1.82, 2.24) is 4.90 Å². The molecule has 4 heteroatoms. The molecule has 0 radical (unpaired) electrons. The fraction of sp³-hybridized carbons (Fsp3) is 0.647. The lowest BCUT2D eigenvalue weighted by Crippen LogP contribution is -2.33. The number of aliphatic hydroxyl groups excluding tert-OH is 1. The number of rotatable bonds is 9. The van der Waals surface area contributed by atoms with Crippen LogP contribution in [-0.2, 0) is 11.3 Å².